The van der Waals surface area contributed by atoms with Gasteiger partial charge in [-0.05, 0) is 84.6 Å². The highest BCUT2D eigenvalue weighted by molar-refractivity contribution is 5.90. The van der Waals surface area contributed by atoms with Gasteiger partial charge in [0.2, 0.25) is 0 Å². The molecule has 3 aliphatic rings. The number of fused-ring (bicyclic) bond motifs is 5. The molecule has 2 aromatic rings. The number of hydrogen-bond donors (Lipinski definition) is 0. The Morgan fingerprint density at radius 2 is 1.94 bits per heavy atom. The molecule has 2 heteroatoms. The maximum absolute atomic E-state index is 13.7. The molecule has 2 nitrogen and oxygen atoms in total. The van der Waals surface area contributed by atoms with Gasteiger partial charge in [0.25, 0.3) is 0 Å². The van der Waals surface area contributed by atoms with Crippen molar-refractivity contribution >= 4 is 11.9 Å². The van der Waals surface area contributed by atoms with Gasteiger partial charge < -0.3 is 4.74 Å². The summed E-state index contributed by atoms with van der Waals surface area (Å²) in [7, 11) is 1.75. The second-order valence-electron chi connectivity index (χ2n) is 10.3. The third-order valence-electron chi connectivity index (χ3n) is 8.76. The van der Waals surface area contributed by atoms with Gasteiger partial charge in [0.1, 0.15) is 11.5 Å². The van der Waals surface area contributed by atoms with Crippen LogP contribution in [-0.4, -0.2) is 12.9 Å². The number of allylic oxidation sites excluding steroid dienone is 1. The van der Waals surface area contributed by atoms with E-state index in [2.05, 4.69) is 68.5 Å². The zero-order valence-corrected chi connectivity index (χ0v) is 19.0. The normalized spacial score (nSPS) is 32.9. The molecule has 31 heavy (non-hydrogen) atoms. The first-order chi connectivity index (χ1) is 15.0. The number of hydrogen-bond acceptors (Lipinski definition) is 2. The summed E-state index contributed by atoms with van der Waals surface area (Å²) in [4.78, 5) is 13.7. The van der Waals surface area contributed by atoms with Crippen molar-refractivity contribution in [1.29, 1.82) is 0 Å². The minimum atomic E-state index is -0.134. The Morgan fingerprint density at radius 3 is 2.71 bits per heavy atom. The van der Waals surface area contributed by atoms with Crippen LogP contribution in [0.3, 0.4) is 0 Å². The SMILES string of the molecule is COc1ccc2c(c1)CC[C@@H]1[C@@H]2CC[C@]2(C)C(=O)C(C(C)/C=C/c3ccccc3)C[C@@H]12. The Labute approximate surface area is 186 Å². The average Bonchev–Trinajstić information content (AvgIpc) is 3.08. The third kappa shape index (κ3) is 3.45. The minimum absolute atomic E-state index is 0.134. The number of benzene rings is 2. The van der Waals surface area contributed by atoms with Crippen molar-refractivity contribution in [2.45, 2.75) is 51.9 Å². The van der Waals surface area contributed by atoms with Gasteiger partial charge in [0.15, 0.2) is 0 Å². The molecule has 0 aliphatic heterocycles. The molecule has 0 spiro atoms. The van der Waals surface area contributed by atoms with Crippen molar-refractivity contribution < 1.29 is 9.53 Å². The lowest BCUT2D eigenvalue weighted by Gasteiger charge is -2.48. The predicted octanol–water partition coefficient (Wildman–Crippen LogP) is 6.70. The summed E-state index contributed by atoms with van der Waals surface area (Å²) in [5, 5.41) is 0. The Hall–Kier alpha value is -2.35. The van der Waals surface area contributed by atoms with Gasteiger partial charge >= 0.3 is 0 Å². The van der Waals surface area contributed by atoms with Gasteiger partial charge in [-0.25, -0.2) is 0 Å². The van der Waals surface area contributed by atoms with Crippen LogP contribution < -0.4 is 4.74 Å². The molecule has 0 heterocycles. The zero-order valence-electron chi connectivity index (χ0n) is 19.0. The van der Waals surface area contributed by atoms with E-state index in [1.807, 2.05) is 6.07 Å². The van der Waals surface area contributed by atoms with Gasteiger partial charge in [-0.1, -0.05) is 62.4 Å². The molecule has 0 N–H and O–H groups in total. The van der Waals surface area contributed by atoms with Gasteiger partial charge in [-0.3, -0.25) is 4.79 Å². The van der Waals surface area contributed by atoms with E-state index in [-0.39, 0.29) is 17.3 Å². The smallest absolute Gasteiger partial charge is 0.142 e. The number of ether oxygens (including phenoxy) is 1. The summed E-state index contributed by atoms with van der Waals surface area (Å²) >= 11 is 0. The minimum Gasteiger partial charge on any atom is -0.497 e. The molecular formula is C29H34O2. The summed E-state index contributed by atoms with van der Waals surface area (Å²) in [5.74, 6) is 3.70. The fraction of sp³-hybridized carbons (Fsp3) is 0.483. The summed E-state index contributed by atoms with van der Waals surface area (Å²) in [6.07, 6.45) is 10.0. The molecule has 2 saturated carbocycles. The van der Waals surface area contributed by atoms with Crippen molar-refractivity contribution in [1.82, 2.24) is 0 Å². The fourth-order valence-corrected chi connectivity index (χ4v) is 6.97. The monoisotopic (exact) mass is 414 g/mol. The van der Waals surface area contributed by atoms with Crippen molar-refractivity contribution in [3.63, 3.8) is 0 Å². The first kappa shape index (κ1) is 20.5. The van der Waals surface area contributed by atoms with Crippen molar-refractivity contribution in [2.75, 3.05) is 7.11 Å². The van der Waals surface area contributed by atoms with E-state index in [1.165, 1.54) is 23.1 Å². The Balaban J connectivity index is 1.38. The van der Waals surface area contributed by atoms with Crippen LogP contribution in [0.1, 0.15) is 62.1 Å². The molecule has 162 valence electrons. The van der Waals surface area contributed by atoms with E-state index in [0.29, 0.717) is 23.5 Å². The molecule has 2 unspecified atom stereocenters. The van der Waals surface area contributed by atoms with Crippen LogP contribution in [0.5, 0.6) is 5.75 Å². The third-order valence-corrected chi connectivity index (χ3v) is 8.76. The molecule has 0 amide bonds. The molecule has 0 aromatic heterocycles. The number of carbonyl (C=O) groups is 1. The highest BCUT2D eigenvalue weighted by Gasteiger charge is 2.58. The summed E-state index contributed by atoms with van der Waals surface area (Å²) < 4.78 is 5.46. The first-order valence-corrected chi connectivity index (χ1v) is 12.0. The first-order valence-electron chi connectivity index (χ1n) is 12.0. The fourth-order valence-electron chi connectivity index (χ4n) is 6.97. The molecule has 2 aromatic carbocycles. The maximum atomic E-state index is 13.7. The van der Waals surface area contributed by atoms with E-state index in [4.69, 9.17) is 4.74 Å². The summed E-state index contributed by atoms with van der Waals surface area (Å²) in [5.41, 5.74) is 4.06. The number of ketones is 1. The van der Waals surface area contributed by atoms with Crippen LogP contribution in [-0.2, 0) is 11.2 Å². The van der Waals surface area contributed by atoms with Crippen molar-refractivity contribution in [3.05, 3.63) is 71.3 Å². The lowest BCUT2D eigenvalue weighted by Crippen LogP contribution is -2.42. The van der Waals surface area contributed by atoms with E-state index < -0.39 is 0 Å². The van der Waals surface area contributed by atoms with Gasteiger partial charge in [0, 0.05) is 11.3 Å². The van der Waals surface area contributed by atoms with Crippen LogP contribution in [0.4, 0.5) is 0 Å². The van der Waals surface area contributed by atoms with E-state index in [1.54, 1.807) is 7.11 Å². The lowest BCUT2D eigenvalue weighted by molar-refractivity contribution is -0.132. The second kappa shape index (κ2) is 7.97. The zero-order chi connectivity index (χ0) is 21.6. The van der Waals surface area contributed by atoms with Crippen LogP contribution in [0.2, 0.25) is 0 Å². The standard InChI is InChI=1S/C29H34O2/c1-19(9-10-20-7-5-4-6-8-20)26-18-27-25-13-11-21-17-22(31-3)12-14-23(21)24(25)15-16-29(27,2)28(26)30/h4-10,12,14,17,19,24-27H,11,13,15-16,18H2,1-3H3/b10-9+/t19?,24-,25-,26?,27+,29+/m1/s1. The average molecular weight is 415 g/mol. The molecule has 5 rings (SSSR count). The van der Waals surface area contributed by atoms with Crippen LogP contribution in [0, 0.1) is 29.1 Å². The van der Waals surface area contributed by atoms with E-state index in [0.717, 1.165) is 31.4 Å². The molecule has 6 atom stereocenters. The highest BCUT2D eigenvalue weighted by atomic mass is 16.5. The Morgan fingerprint density at radius 1 is 1.13 bits per heavy atom. The Kier molecular flexibility index (Phi) is 5.28. The van der Waals surface area contributed by atoms with Crippen LogP contribution in [0.25, 0.3) is 6.08 Å². The van der Waals surface area contributed by atoms with Crippen molar-refractivity contribution in [2.24, 2.45) is 29.1 Å². The van der Waals surface area contributed by atoms with Gasteiger partial charge in [-0.2, -0.15) is 0 Å². The number of Topliss-reactive ketones (excluding diaryl/α,β-unsaturated/α-hetero) is 1. The number of methoxy groups -OCH3 is 1. The van der Waals surface area contributed by atoms with Gasteiger partial charge in [-0.15, -0.1) is 0 Å². The maximum Gasteiger partial charge on any atom is 0.142 e. The van der Waals surface area contributed by atoms with Crippen LogP contribution >= 0.6 is 0 Å². The summed E-state index contributed by atoms with van der Waals surface area (Å²) in [6.45, 7) is 4.52. The lowest BCUT2D eigenvalue weighted by atomic mass is 9.55. The molecule has 3 aliphatic carbocycles. The van der Waals surface area contributed by atoms with E-state index in [9.17, 15) is 4.79 Å². The molecule has 0 bridgehead atoms. The molecule has 2 fully saturated rings. The van der Waals surface area contributed by atoms with Crippen molar-refractivity contribution in [3.8, 4) is 5.75 Å². The quantitative estimate of drug-likeness (QED) is 0.557. The highest BCUT2D eigenvalue weighted by Crippen LogP contribution is 2.61. The molecule has 0 saturated heterocycles. The van der Waals surface area contributed by atoms with Gasteiger partial charge in [0.05, 0.1) is 7.11 Å². The predicted molar refractivity (Wildman–Crippen MR) is 126 cm³/mol. The number of carbonyl (C=O) groups excluding carboxylic acids is 1. The summed E-state index contributed by atoms with van der Waals surface area (Å²) in [6, 6.07) is 17.1. The largest absolute Gasteiger partial charge is 0.497 e. The second-order valence-corrected chi connectivity index (χ2v) is 10.3. The topological polar surface area (TPSA) is 26.3 Å². The number of rotatable bonds is 4. The molecule has 0 radical (unpaired) electrons. The van der Waals surface area contributed by atoms with E-state index >= 15 is 0 Å². The number of aryl methyl sites for hydroxylation is 1. The van der Waals surface area contributed by atoms with Crippen LogP contribution in [0.15, 0.2) is 54.6 Å². The molecular weight excluding hydrogens is 380 g/mol. The Bertz CT molecular complexity index is 991.